The minimum Gasteiger partial charge on any atom is -0.316 e. The molecule has 1 N–H and O–H groups in total. The fourth-order valence-corrected chi connectivity index (χ4v) is 3.74. The number of aryl methyl sites for hydroxylation is 2. The first-order valence-corrected chi connectivity index (χ1v) is 7.84. The van der Waals surface area contributed by atoms with Gasteiger partial charge in [0.1, 0.15) is 0 Å². The average molecular weight is 259 g/mol. The number of benzene rings is 1. The molecule has 1 aromatic carbocycles. The first kappa shape index (κ1) is 14.6. The van der Waals surface area contributed by atoms with Gasteiger partial charge in [-0.05, 0) is 68.7 Å². The molecule has 0 radical (unpaired) electrons. The van der Waals surface area contributed by atoms with Crippen LogP contribution in [0.4, 0.5) is 0 Å². The Hall–Kier alpha value is -0.820. The molecule has 106 valence electrons. The van der Waals surface area contributed by atoms with Crippen LogP contribution in [0.2, 0.25) is 0 Å². The Morgan fingerprint density at radius 3 is 2.47 bits per heavy atom. The molecule has 0 saturated heterocycles. The van der Waals surface area contributed by atoms with Crippen LogP contribution in [0.5, 0.6) is 0 Å². The maximum atomic E-state index is 3.60. The van der Waals surface area contributed by atoms with Crippen molar-refractivity contribution in [2.75, 3.05) is 7.05 Å². The Bertz CT molecular complexity index is 390. The van der Waals surface area contributed by atoms with E-state index < -0.39 is 0 Å². The number of nitrogens with one attached hydrogen (secondary N) is 1. The summed E-state index contributed by atoms with van der Waals surface area (Å²) in [4.78, 5) is 0. The van der Waals surface area contributed by atoms with Gasteiger partial charge in [-0.15, -0.1) is 0 Å². The average Bonchev–Trinajstić information content (AvgIpc) is 2.38. The number of hydrogen-bond acceptors (Lipinski definition) is 1. The SMILES string of the molecule is CNC(Cc1c(C)cccc1C)C1CCCC(C)C1. The Balaban J connectivity index is 2.10. The Kier molecular flexibility index (Phi) is 5.04. The lowest BCUT2D eigenvalue weighted by Gasteiger charge is -2.34. The van der Waals surface area contributed by atoms with E-state index in [4.69, 9.17) is 0 Å². The molecule has 1 saturated carbocycles. The molecule has 3 atom stereocenters. The fraction of sp³-hybridized carbons (Fsp3) is 0.667. The summed E-state index contributed by atoms with van der Waals surface area (Å²) in [5.41, 5.74) is 4.45. The smallest absolute Gasteiger partial charge is 0.0133 e. The van der Waals surface area contributed by atoms with Gasteiger partial charge in [-0.3, -0.25) is 0 Å². The van der Waals surface area contributed by atoms with E-state index in [0.29, 0.717) is 6.04 Å². The molecule has 0 aliphatic heterocycles. The van der Waals surface area contributed by atoms with Gasteiger partial charge >= 0.3 is 0 Å². The molecule has 2 rings (SSSR count). The third kappa shape index (κ3) is 3.60. The van der Waals surface area contributed by atoms with Gasteiger partial charge in [0.25, 0.3) is 0 Å². The van der Waals surface area contributed by atoms with E-state index in [0.717, 1.165) is 11.8 Å². The van der Waals surface area contributed by atoms with Gasteiger partial charge in [0.15, 0.2) is 0 Å². The predicted octanol–water partition coefficient (Wildman–Crippen LogP) is 4.26. The molecular formula is C18H29N. The van der Waals surface area contributed by atoms with Crippen LogP contribution in [-0.4, -0.2) is 13.1 Å². The summed E-state index contributed by atoms with van der Waals surface area (Å²) in [7, 11) is 2.14. The highest BCUT2D eigenvalue weighted by Crippen LogP contribution is 2.32. The standard InChI is InChI=1S/C18H29N/c1-13-7-5-10-16(11-13)18(19-4)12-17-14(2)8-6-9-15(17)3/h6,8-9,13,16,18-19H,5,7,10-12H2,1-4H3. The highest BCUT2D eigenvalue weighted by molar-refractivity contribution is 5.34. The number of rotatable bonds is 4. The van der Waals surface area contributed by atoms with Crippen LogP contribution in [0.25, 0.3) is 0 Å². The zero-order valence-electron chi connectivity index (χ0n) is 13.0. The maximum Gasteiger partial charge on any atom is 0.0133 e. The van der Waals surface area contributed by atoms with Crippen LogP contribution in [0.15, 0.2) is 18.2 Å². The third-order valence-electron chi connectivity index (χ3n) is 4.99. The van der Waals surface area contributed by atoms with Gasteiger partial charge < -0.3 is 5.32 Å². The minimum atomic E-state index is 0.641. The third-order valence-corrected chi connectivity index (χ3v) is 4.99. The van der Waals surface area contributed by atoms with Crippen molar-refractivity contribution in [3.8, 4) is 0 Å². The summed E-state index contributed by atoms with van der Waals surface area (Å²) >= 11 is 0. The second-order valence-corrected chi connectivity index (χ2v) is 6.50. The quantitative estimate of drug-likeness (QED) is 0.852. The van der Waals surface area contributed by atoms with Crippen molar-refractivity contribution in [1.29, 1.82) is 0 Å². The lowest BCUT2D eigenvalue weighted by atomic mass is 9.76. The van der Waals surface area contributed by atoms with Crippen LogP contribution in [-0.2, 0) is 6.42 Å². The molecular weight excluding hydrogens is 230 g/mol. The zero-order valence-corrected chi connectivity index (χ0v) is 13.0. The van der Waals surface area contributed by atoms with Crippen molar-refractivity contribution < 1.29 is 0 Å². The minimum absolute atomic E-state index is 0.641. The number of hydrogen-bond donors (Lipinski definition) is 1. The number of likely N-dealkylation sites (N-methyl/N-ethyl adjacent to an activating group) is 1. The van der Waals surface area contributed by atoms with Crippen molar-refractivity contribution in [1.82, 2.24) is 5.32 Å². The Labute approximate surface area is 118 Å². The summed E-state index contributed by atoms with van der Waals surface area (Å²) in [5.74, 6) is 1.76. The predicted molar refractivity (Wildman–Crippen MR) is 83.6 cm³/mol. The summed E-state index contributed by atoms with van der Waals surface area (Å²) in [6.07, 6.45) is 6.83. The fourth-order valence-electron chi connectivity index (χ4n) is 3.74. The lowest BCUT2D eigenvalue weighted by Crippen LogP contribution is -2.38. The van der Waals surface area contributed by atoms with E-state index in [-0.39, 0.29) is 0 Å². The van der Waals surface area contributed by atoms with Crippen molar-refractivity contribution >= 4 is 0 Å². The van der Waals surface area contributed by atoms with Crippen molar-refractivity contribution in [2.45, 2.75) is 58.9 Å². The Morgan fingerprint density at radius 2 is 1.89 bits per heavy atom. The molecule has 0 spiro atoms. The van der Waals surface area contributed by atoms with Gasteiger partial charge in [0.05, 0.1) is 0 Å². The summed E-state index contributed by atoms with van der Waals surface area (Å²) in [6, 6.07) is 7.31. The molecule has 19 heavy (non-hydrogen) atoms. The normalized spacial score (nSPS) is 25.3. The first-order chi connectivity index (χ1) is 9.11. The van der Waals surface area contributed by atoms with Gasteiger partial charge in [-0.2, -0.15) is 0 Å². The summed E-state index contributed by atoms with van der Waals surface area (Å²) in [6.45, 7) is 6.91. The molecule has 0 amide bonds. The van der Waals surface area contributed by atoms with Crippen LogP contribution < -0.4 is 5.32 Å². The summed E-state index contributed by atoms with van der Waals surface area (Å²) in [5, 5.41) is 3.60. The molecule has 1 heteroatoms. The van der Waals surface area contributed by atoms with Crippen molar-refractivity contribution in [3.05, 3.63) is 34.9 Å². The first-order valence-electron chi connectivity index (χ1n) is 7.84. The van der Waals surface area contributed by atoms with Crippen LogP contribution in [0, 0.1) is 25.7 Å². The van der Waals surface area contributed by atoms with E-state index in [2.05, 4.69) is 51.3 Å². The second kappa shape index (κ2) is 6.56. The molecule has 1 aromatic rings. The van der Waals surface area contributed by atoms with E-state index in [1.165, 1.54) is 43.2 Å². The van der Waals surface area contributed by atoms with Gasteiger partial charge in [0, 0.05) is 6.04 Å². The van der Waals surface area contributed by atoms with E-state index in [9.17, 15) is 0 Å². The summed E-state index contributed by atoms with van der Waals surface area (Å²) < 4.78 is 0. The highest BCUT2D eigenvalue weighted by atomic mass is 14.9. The molecule has 1 fully saturated rings. The lowest BCUT2D eigenvalue weighted by molar-refractivity contribution is 0.227. The molecule has 0 aromatic heterocycles. The van der Waals surface area contributed by atoms with Gasteiger partial charge in [0.2, 0.25) is 0 Å². The topological polar surface area (TPSA) is 12.0 Å². The highest BCUT2D eigenvalue weighted by Gasteiger charge is 2.26. The van der Waals surface area contributed by atoms with Gasteiger partial charge in [-0.25, -0.2) is 0 Å². The zero-order chi connectivity index (χ0) is 13.8. The monoisotopic (exact) mass is 259 g/mol. The van der Waals surface area contributed by atoms with Crippen LogP contribution in [0.3, 0.4) is 0 Å². The van der Waals surface area contributed by atoms with Crippen LogP contribution in [0.1, 0.15) is 49.3 Å². The van der Waals surface area contributed by atoms with E-state index >= 15 is 0 Å². The maximum absolute atomic E-state index is 3.60. The van der Waals surface area contributed by atoms with Crippen LogP contribution >= 0.6 is 0 Å². The molecule has 0 heterocycles. The molecule has 0 bridgehead atoms. The second-order valence-electron chi connectivity index (χ2n) is 6.50. The molecule has 1 nitrogen and oxygen atoms in total. The van der Waals surface area contributed by atoms with E-state index in [1.807, 2.05) is 0 Å². The Morgan fingerprint density at radius 1 is 1.21 bits per heavy atom. The van der Waals surface area contributed by atoms with Crippen molar-refractivity contribution in [2.24, 2.45) is 11.8 Å². The van der Waals surface area contributed by atoms with E-state index in [1.54, 1.807) is 5.56 Å². The van der Waals surface area contributed by atoms with Crippen molar-refractivity contribution in [3.63, 3.8) is 0 Å². The molecule has 1 aliphatic rings. The van der Waals surface area contributed by atoms with Gasteiger partial charge in [-0.1, -0.05) is 38.0 Å². The largest absolute Gasteiger partial charge is 0.316 e. The molecule has 3 unspecified atom stereocenters. The molecule has 1 aliphatic carbocycles.